The molecule has 1 aromatic carbocycles. The van der Waals surface area contributed by atoms with Gasteiger partial charge in [0.1, 0.15) is 5.25 Å². The molecule has 7 heteroatoms. The summed E-state index contributed by atoms with van der Waals surface area (Å²) in [6.07, 6.45) is 1.02. The zero-order valence-electron chi connectivity index (χ0n) is 10.1. The second-order valence-electron chi connectivity index (χ2n) is 4.04. The Balaban J connectivity index is 2.99. The Labute approximate surface area is 120 Å². The molecule has 1 atom stereocenters. The maximum Gasteiger partial charge on any atom is 0.242 e. The molecule has 4 nitrogen and oxygen atoms in total. The van der Waals surface area contributed by atoms with Gasteiger partial charge in [-0.15, -0.1) is 0 Å². The number of carbonyl (C=O) groups is 1. The van der Waals surface area contributed by atoms with E-state index in [-0.39, 0.29) is 0 Å². The summed E-state index contributed by atoms with van der Waals surface area (Å²) in [5.41, 5.74) is 1.31. The Bertz CT molecular complexity index is 586. The monoisotopic (exact) mass is 353 g/mol. The molecule has 0 saturated heterocycles. The van der Waals surface area contributed by atoms with Gasteiger partial charge in [-0.1, -0.05) is 11.6 Å². The minimum absolute atomic E-state index is 0.450. The van der Waals surface area contributed by atoms with Crippen LogP contribution in [0, 0.1) is 6.92 Å². The van der Waals surface area contributed by atoms with Crippen LogP contribution in [0.25, 0.3) is 0 Å². The number of halogens is 2. The van der Waals surface area contributed by atoms with Crippen LogP contribution in [0.2, 0.25) is 5.02 Å². The maximum atomic E-state index is 11.8. The van der Waals surface area contributed by atoms with Gasteiger partial charge in [0.2, 0.25) is 5.91 Å². The van der Waals surface area contributed by atoms with Crippen LogP contribution in [0.5, 0.6) is 0 Å². The molecule has 0 fully saturated rings. The molecule has 1 N–H and O–H groups in total. The lowest BCUT2D eigenvalue weighted by Gasteiger charge is -2.12. The molecule has 0 saturated carbocycles. The molecule has 0 radical (unpaired) electrons. The molecule has 0 bridgehead atoms. The maximum absolute atomic E-state index is 11.8. The number of nitrogens with one attached hydrogen (secondary N) is 1. The molecule has 0 aliphatic carbocycles. The van der Waals surface area contributed by atoms with Gasteiger partial charge in [0.15, 0.2) is 9.84 Å². The number of amides is 1. The van der Waals surface area contributed by atoms with E-state index in [9.17, 15) is 13.2 Å². The van der Waals surface area contributed by atoms with Crippen LogP contribution in [0.3, 0.4) is 0 Å². The normalized spacial score (nSPS) is 13.2. The Morgan fingerprint density at radius 2 is 2.00 bits per heavy atom. The molecule has 18 heavy (non-hydrogen) atoms. The van der Waals surface area contributed by atoms with E-state index in [1.165, 1.54) is 6.92 Å². The lowest BCUT2D eigenvalue weighted by atomic mass is 10.2. The highest BCUT2D eigenvalue weighted by atomic mass is 79.9. The Morgan fingerprint density at radius 1 is 1.44 bits per heavy atom. The molecule has 0 aliphatic rings. The number of hydrogen-bond donors (Lipinski definition) is 1. The molecule has 1 rings (SSSR count). The van der Waals surface area contributed by atoms with Crippen molar-refractivity contribution in [2.75, 3.05) is 11.6 Å². The van der Waals surface area contributed by atoms with Crippen molar-refractivity contribution in [2.45, 2.75) is 19.1 Å². The number of hydrogen-bond acceptors (Lipinski definition) is 3. The minimum Gasteiger partial charge on any atom is -0.324 e. The zero-order chi connectivity index (χ0) is 14.1. The standard InChI is InChI=1S/C11H13BrClNO3S/c1-6-4-8(12)10(5-9(6)13)14-11(15)7(2)18(3,16)17/h4-5,7H,1-3H3,(H,14,15). The number of carbonyl (C=O) groups excluding carboxylic acids is 1. The van der Waals surface area contributed by atoms with Crippen molar-refractivity contribution in [1.29, 1.82) is 0 Å². The predicted molar refractivity (Wildman–Crippen MR) is 76.8 cm³/mol. The third-order valence-electron chi connectivity index (χ3n) is 2.52. The first-order valence-electron chi connectivity index (χ1n) is 5.08. The van der Waals surface area contributed by atoms with E-state index in [2.05, 4.69) is 21.2 Å². The van der Waals surface area contributed by atoms with Crippen molar-refractivity contribution in [3.8, 4) is 0 Å². The average Bonchev–Trinajstić information content (AvgIpc) is 2.23. The summed E-state index contributed by atoms with van der Waals surface area (Å²) in [5, 5.41) is 1.93. The van der Waals surface area contributed by atoms with E-state index < -0.39 is 21.0 Å². The van der Waals surface area contributed by atoms with Gasteiger partial charge in [-0.3, -0.25) is 4.79 Å². The van der Waals surface area contributed by atoms with Crippen LogP contribution < -0.4 is 5.32 Å². The first-order chi connectivity index (χ1) is 8.12. The Morgan fingerprint density at radius 3 is 2.50 bits per heavy atom. The lowest BCUT2D eigenvalue weighted by Crippen LogP contribution is -2.31. The van der Waals surface area contributed by atoms with Crippen LogP contribution in [0.1, 0.15) is 12.5 Å². The van der Waals surface area contributed by atoms with E-state index in [1.807, 2.05) is 6.92 Å². The molecule has 100 valence electrons. The van der Waals surface area contributed by atoms with E-state index in [0.29, 0.717) is 15.2 Å². The van der Waals surface area contributed by atoms with Crippen LogP contribution in [0.15, 0.2) is 16.6 Å². The lowest BCUT2D eigenvalue weighted by molar-refractivity contribution is -0.115. The van der Waals surface area contributed by atoms with E-state index in [1.54, 1.807) is 12.1 Å². The highest BCUT2D eigenvalue weighted by Crippen LogP contribution is 2.29. The second-order valence-corrected chi connectivity index (χ2v) is 7.67. The van der Waals surface area contributed by atoms with Crippen molar-refractivity contribution in [1.82, 2.24) is 0 Å². The SMILES string of the molecule is Cc1cc(Br)c(NC(=O)C(C)S(C)(=O)=O)cc1Cl. The smallest absolute Gasteiger partial charge is 0.242 e. The highest BCUT2D eigenvalue weighted by molar-refractivity contribution is 9.10. The summed E-state index contributed by atoms with van der Waals surface area (Å²) in [4.78, 5) is 11.8. The molecule has 1 aromatic rings. The third kappa shape index (κ3) is 3.70. The van der Waals surface area contributed by atoms with Crippen LogP contribution in [-0.2, 0) is 14.6 Å². The molecule has 0 aliphatic heterocycles. The number of aryl methyl sites for hydroxylation is 1. The second kappa shape index (κ2) is 5.59. The van der Waals surface area contributed by atoms with Crippen LogP contribution in [0.4, 0.5) is 5.69 Å². The quantitative estimate of drug-likeness (QED) is 0.908. The summed E-state index contributed by atoms with van der Waals surface area (Å²) in [6.45, 7) is 3.17. The third-order valence-corrected chi connectivity index (χ3v) is 5.08. The highest BCUT2D eigenvalue weighted by Gasteiger charge is 2.24. The van der Waals surface area contributed by atoms with Crippen molar-refractivity contribution in [2.24, 2.45) is 0 Å². The van der Waals surface area contributed by atoms with Crippen molar-refractivity contribution in [3.63, 3.8) is 0 Å². The van der Waals surface area contributed by atoms with E-state index in [0.717, 1.165) is 11.8 Å². The minimum atomic E-state index is -3.41. The van der Waals surface area contributed by atoms with Gasteiger partial charge in [-0.05, 0) is 47.5 Å². The summed E-state index contributed by atoms with van der Waals surface area (Å²) in [5.74, 6) is -0.585. The van der Waals surface area contributed by atoms with Crippen molar-refractivity contribution >= 4 is 49.0 Å². The van der Waals surface area contributed by atoms with Crippen molar-refractivity contribution < 1.29 is 13.2 Å². The fourth-order valence-electron chi connectivity index (χ4n) is 1.17. The van der Waals surface area contributed by atoms with Gasteiger partial charge in [0.05, 0.1) is 5.69 Å². The Hall–Kier alpha value is -0.590. The molecule has 0 spiro atoms. The average molecular weight is 355 g/mol. The van der Waals surface area contributed by atoms with Gasteiger partial charge in [-0.25, -0.2) is 8.42 Å². The van der Waals surface area contributed by atoms with Gasteiger partial charge in [0.25, 0.3) is 0 Å². The first kappa shape index (κ1) is 15.5. The summed E-state index contributed by atoms with van der Waals surface area (Å²) < 4.78 is 23.2. The molecule has 0 aromatic heterocycles. The molecular weight excluding hydrogens is 342 g/mol. The molecule has 0 heterocycles. The molecule has 1 amide bonds. The Kier molecular flexibility index (Phi) is 4.80. The first-order valence-corrected chi connectivity index (χ1v) is 8.21. The van der Waals surface area contributed by atoms with Crippen LogP contribution >= 0.6 is 27.5 Å². The molecular formula is C11H13BrClNO3S. The number of anilines is 1. The molecule has 1 unspecified atom stereocenters. The zero-order valence-corrected chi connectivity index (χ0v) is 13.3. The fraction of sp³-hybridized carbons (Fsp3) is 0.364. The van der Waals surface area contributed by atoms with Gasteiger partial charge in [-0.2, -0.15) is 0 Å². The van der Waals surface area contributed by atoms with Crippen LogP contribution in [-0.4, -0.2) is 25.8 Å². The number of rotatable bonds is 3. The van der Waals surface area contributed by atoms with E-state index in [4.69, 9.17) is 11.6 Å². The largest absolute Gasteiger partial charge is 0.324 e. The predicted octanol–water partition coefficient (Wildman–Crippen LogP) is 2.78. The summed E-state index contributed by atoms with van der Waals surface area (Å²) in [6, 6.07) is 3.33. The number of benzene rings is 1. The van der Waals surface area contributed by atoms with Gasteiger partial charge >= 0.3 is 0 Å². The van der Waals surface area contributed by atoms with Gasteiger partial charge < -0.3 is 5.32 Å². The van der Waals surface area contributed by atoms with Gasteiger partial charge in [0, 0.05) is 15.8 Å². The number of sulfone groups is 1. The van der Waals surface area contributed by atoms with E-state index >= 15 is 0 Å². The topological polar surface area (TPSA) is 63.2 Å². The van der Waals surface area contributed by atoms with Crippen molar-refractivity contribution in [3.05, 3.63) is 27.2 Å². The summed E-state index contributed by atoms with van der Waals surface area (Å²) >= 11 is 9.23. The summed E-state index contributed by atoms with van der Waals surface area (Å²) in [7, 11) is -3.41. The fourth-order valence-corrected chi connectivity index (χ4v) is 2.34.